The van der Waals surface area contributed by atoms with Crippen LogP contribution in [0.2, 0.25) is 25.1 Å². The van der Waals surface area contributed by atoms with Crippen LogP contribution in [-0.2, 0) is 0 Å². The molecule has 0 radical (unpaired) electrons. The lowest BCUT2D eigenvalue weighted by Gasteiger charge is -2.35. The van der Waals surface area contributed by atoms with E-state index in [9.17, 15) is 9.59 Å². The summed E-state index contributed by atoms with van der Waals surface area (Å²) in [7, 11) is 0. The molecule has 2 N–H and O–H groups in total. The van der Waals surface area contributed by atoms with E-state index >= 15 is 0 Å². The average Bonchev–Trinajstić information content (AvgIpc) is 2.54. The number of carbonyl (C=O) groups excluding carboxylic acids is 2. The van der Waals surface area contributed by atoms with E-state index in [2.05, 4.69) is 10.7 Å². The Bertz CT molecular complexity index is 905. The third kappa shape index (κ3) is 5.58. The van der Waals surface area contributed by atoms with E-state index in [1.165, 1.54) is 30.3 Å². The summed E-state index contributed by atoms with van der Waals surface area (Å²) < 4.78 is 0. The number of benzene rings is 2. The second-order valence-corrected chi connectivity index (χ2v) is 8.84. The van der Waals surface area contributed by atoms with Gasteiger partial charge in [-0.05, 0) is 51.1 Å². The Kier molecular flexibility index (Phi) is 7.34. The van der Waals surface area contributed by atoms with Gasteiger partial charge in [0.25, 0.3) is 5.91 Å². The van der Waals surface area contributed by atoms with Crippen LogP contribution in [0.3, 0.4) is 0 Å². The minimum Gasteiger partial charge on any atom is -0.304 e. The van der Waals surface area contributed by atoms with Crippen LogP contribution in [0.25, 0.3) is 0 Å². The fraction of sp³-hybridized carbons (Fsp3) is 0.222. The van der Waals surface area contributed by atoms with Gasteiger partial charge in [-0.1, -0.05) is 58.0 Å². The molecule has 0 spiro atoms. The zero-order valence-electron chi connectivity index (χ0n) is 15.0. The molecule has 2 aromatic rings. The zero-order chi connectivity index (χ0) is 21.2. The molecular formula is C18H16Cl5N3O2. The Labute approximate surface area is 187 Å². The number of urea groups is 1. The van der Waals surface area contributed by atoms with Gasteiger partial charge in [0.2, 0.25) is 0 Å². The minimum atomic E-state index is -0.788. The highest BCUT2D eigenvalue weighted by molar-refractivity contribution is 6.42. The summed E-state index contributed by atoms with van der Waals surface area (Å²) >= 11 is 30.0. The van der Waals surface area contributed by atoms with Crippen LogP contribution in [-0.4, -0.2) is 22.5 Å². The van der Waals surface area contributed by atoms with Gasteiger partial charge in [0.15, 0.2) is 0 Å². The Morgan fingerprint density at radius 2 is 1.39 bits per heavy atom. The van der Waals surface area contributed by atoms with Crippen LogP contribution < -0.4 is 10.7 Å². The molecule has 2 aromatic carbocycles. The summed E-state index contributed by atoms with van der Waals surface area (Å²) in [6.45, 7) is 5.21. The monoisotopic (exact) mass is 481 g/mol. The lowest BCUT2D eigenvalue weighted by Crippen LogP contribution is -2.57. The molecule has 5 nitrogen and oxygen atoms in total. The fourth-order valence-corrected chi connectivity index (χ4v) is 3.59. The molecule has 0 heterocycles. The molecule has 0 aromatic heterocycles. The smallest absolute Gasteiger partial charge is 0.304 e. The first-order chi connectivity index (χ1) is 12.9. The molecule has 0 unspecified atom stereocenters. The Balaban J connectivity index is 2.29. The maximum absolute atomic E-state index is 12.9. The van der Waals surface area contributed by atoms with Gasteiger partial charge >= 0.3 is 6.03 Å². The van der Waals surface area contributed by atoms with Crippen LogP contribution in [0, 0.1) is 0 Å². The Hall–Kier alpha value is -1.37. The van der Waals surface area contributed by atoms with Crippen LogP contribution in [0.5, 0.6) is 0 Å². The number of halogens is 5. The highest BCUT2D eigenvalue weighted by atomic mass is 35.5. The summed E-state index contributed by atoms with van der Waals surface area (Å²) in [5.41, 5.74) is 2.09. The van der Waals surface area contributed by atoms with E-state index < -0.39 is 17.5 Å². The molecule has 0 bridgehead atoms. The number of hydrogen-bond acceptors (Lipinski definition) is 2. The standard InChI is InChI=1S/C18H16Cl5N3O2/c1-18(2,3)26(25-16(27)11-5-4-9(19)6-12(11)21)17(28)24-15-13(22)7-10(20)8-14(15)23/h4-8H,1-3H3,(H,24,28)(H,25,27). The lowest BCUT2D eigenvalue weighted by atomic mass is 10.1. The number of carbonyl (C=O) groups is 2. The van der Waals surface area contributed by atoms with Crippen molar-refractivity contribution in [2.45, 2.75) is 26.3 Å². The Morgan fingerprint density at radius 3 is 1.89 bits per heavy atom. The molecule has 0 fully saturated rings. The summed E-state index contributed by atoms with van der Waals surface area (Å²) in [6.07, 6.45) is 0. The van der Waals surface area contributed by atoms with Crippen molar-refractivity contribution < 1.29 is 9.59 Å². The first kappa shape index (κ1) is 22.9. The van der Waals surface area contributed by atoms with Crippen molar-refractivity contribution in [2.24, 2.45) is 0 Å². The lowest BCUT2D eigenvalue weighted by molar-refractivity contribution is 0.0687. The number of nitrogens with zero attached hydrogens (tertiary/aromatic N) is 1. The molecule has 0 aliphatic carbocycles. The van der Waals surface area contributed by atoms with Crippen LogP contribution in [0.15, 0.2) is 30.3 Å². The molecule has 150 valence electrons. The van der Waals surface area contributed by atoms with E-state index in [1.54, 1.807) is 20.8 Å². The maximum atomic E-state index is 12.9. The van der Waals surface area contributed by atoms with Gasteiger partial charge in [0.1, 0.15) is 0 Å². The SMILES string of the molecule is CC(C)(C)N(NC(=O)c1ccc(Cl)cc1Cl)C(=O)Nc1c(Cl)cc(Cl)cc1Cl. The van der Waals surface area contributed by atoms with Crippen LogP contribution in [0.1, 0.15) is 31.1 Å². The summed E-state index contributed by atoms with van der Waals surface area (Å²) in [5.74, 6) is -0.583. The van der Waals surface area contributed by atoms with E-state index in [0.29, 0.717) is 10.0 Å². The van der Waals surface area contributed by atoms with Gasteiger partial charge in [-0.25, -0.2) is 9.80 Å². The quantitative estimate of drug-likeness (QED) is 0.455. The molecule has 10 heteroatoms. The molecule has 0 saturated heterocycles. The number of rotatable bonds is 2. The molecule has 2 rings (SSSR count). The fourth-order valence-electron chi connectivity index (χ4n) is 2.18. The number of hydrogen-bond donors (Lipinski definition) is 2. The molecule has 28 heavy (non-hydrogen) atoms. The zero-order valence-corrected chi connectivity index (χ0v) is 18.8. The second-order valence-electron chi connectivity index (χ2n) is 6.75. The van der Waals surface area contributed by atoms with Crippen molar-refractivity contribution in [2.75, 3.05) is 5.32 Å². The largest absolute Gasteiger partial charge is 0.341 e. The first-order valence-corrected chi connectivity index (χ1v) is 9.81. The average molecular weight is 484 g/mol. The molecule has 0 atom stereocenters. The van der Waals surface area contributed by atoms with E-state index in [-0.39, 0.29) is 26.3 Å². The molecule has 0 aliphatic heterocycles. The van der Waals surface area contributed by atoms with E-state index in [1.807, 2.05) is 0 Å². The molecular weight excluding hydrogens is 467 g/mol. The van der Waals surface area contributed by atoms with Crippen molar-refractivity contribution in [3.05, 3.63) is 61.0 Å². The van der Waals surface area contributed by atoms with Crippen LogP contribution >= 0.6 is 58.0 Å². The summed E-state index contributed by atoms with van der Waals surface area (Å²) in [4.78, 5) is 25.5. The number of amides is 3. The molecule has 0 aliphatic rings. The molecule has 3 amide bonds. The predicted octanol–water partition coefficient (Wildman–Crippen LogP) is 6.93. The minimum absolute atomic E-state index is 0.156. The number of nitrogens with one attached hydrogen (secondary N) is 2. The van der Waals surface area contributed by atoms with Crippen molar-refractivity contribution in [3.8, 4) is 0 Å². The third-order valence-corrected chi connectivity index (χ3v) is 4.86. The molecule has 0 saturated carbocycles. The van der Waals surface area contributed by atoms with Gasteiger partial charge < -0.3 is 5.32 Å². The highest BCUT2D eigenvalue weighted by Gasteiger charge is 2.30. The van der Waals surface area contributed by atoms with Gasteiger partial charge in [-0.2, -0.15) is 0 Å². The van der Waals surface area contributed by atoms with Crippen molar-refractivity contribution in [3.63, 3.8) is 0 Å². The first-order valence-electron chi connectivity index (χ1n) is 7.92. The predicted molar refractivity (Wildman–Crippen MR) is 116 cm³/mol. The van der Waals surface area contributed by atoms with E-state index in [0.717, 1.165) is 5.01 Å². The normalized spacial score (nSPS) is 11.1. The maximum Gasteiger partial charge on any atom is 0.341 e. The van der Waals surface area contributed by atoms with Gasteiger partial charge in [-0.15, -0.1) is 0 Å². The summed E-state index contributed by atoms with van der Waals surface area (Å²) in [5, 5.41) is 4.89. The topological polar surface area (TPSA) is 61.4 Å². The van der Waals surface area contributed by atoms with Gasteiger partial charge in [0, 0.05) is 10.0 Å². The van der Waals surface area contributed by atoms with Gasteiger partial charge in [0.05, 0.1) is 31.9 Å². The Morgan fingerprint density at radius 1 is 0.857 bits per heavy atom. The van der Waals surface area contributed by atoms with Gasteiger partial charge in [-0.3, -0.25) is 10.2 Å². The summed E-state index contributed by atoms with van der Waals surface area (Å²) in [6, 6.07) is 6.66. The van der Waals surface area contributed by atoms with Crippen molar-refractivity contribution in [1.82, 2.24) is 10.4 Å². The highest BCUT2D eigenvalue weighted by Crippen LogP contribution is 2.34. The number of anilines is 1. The third-order valence-electron chi connectivity index (χ3n) is 3.50. The van der Waals surface area contributed by atoms with Crippen molar-refractivity contribution >= 4 is 75.6 Å². The van der Waals surface area contributed by atoms with E-state index in [4.69, 9.17) is 58.0 Å². The van der Waals surface area contributed by atoms with Crippen LogP contribution in [0.4, 0.5) is 10.5 Å². The van der Waals surface area contributed by atoms with Crippen molar-refractivity contribution in [1.29, 1.82) is 0 Å². The number of hydrazine groups is 1. The second kappa shape index (κ2) is 8.97.